The predicted molar refractivity (Wildman–Crippen MR) is 60.8 cm³/mol. The number of rotatable bonds is 1. The molecule has 0 saturated heterocycles. The summed E-state index contributed by atoms with van der Waals surface area (Å²) in [4.78, 5) is 0. The molecule has 3 nitrogen and oxygen atoms in total. The number of aromatic nitrogens is 2. The molecule has 0 N–H and O–H groups in total. The molecule has 0 amide bonds. The largest absolute Gasteiger partial charge is 0.244 e. The normalized spacial score (nSPS) is 9.25. The van der Waals surface area contributed by atoms with Gasteiger partial charge in [0, 0.05) is 6.20 Å². The summed E-state index contributed by atoms with van der Waals surface area (Å²) in [6.45, 7) is 5.84. The van der Waals surface area contributed by atoms with Crippen LogP contribution < -0.4 is 0 Å². The molecule has 0 radical (unpaired) electrons. The van der Waals surface area contributed by atoms with E-state index < -0.39 is 0 Å². The van der Waals surface area contributed by atoms with Gasteiger partial charge in [-0.15, -0.1) is 0 Å². The number of aryl methyl sites for hydroxylation is 1. The lowest BCUT2D eigenvalue weighted by atomic mass is 10.3. The Labute approximate surface area is 87.5 Å². The maximum absolute atomic E-state index is 8.52. The number of hydrogen-bond donors (Lipinski definition) is 0. The molecule has 0 aromatic carbocycles. The van der Waals surface area contributed by atoms with Gasteiger partial charge in [-0.05, 0) is 29.0 Å². The van der Waals surface area contributed by atoms with E-state index in [1.54, 1.807) is 10.6 Å². The topological polar surface area (TPSA) is 41.6 Å². The first-order chi connectivity index (χ1) is 5.77. The van der Waals surface area contributed by atoms with Gasteiger partial charge in [0.05, 0.1) is 17.6 Å². The van der Waals surface area contributed by atoms with Gasteiger partial charge in [0.15, 0.2) is 0 Å². The molecule has 0 fully saturated rings. The third-order valence-corrected chi connectivity index (χ3v) is 2.99. The average molecular weight is 295 g/mol. The van der Waals surface area contributed by atoms with Crippen molar-refractivity contribution in [2.75, 3.05) is 0 Å². The SMILES string of the molecule is CC.Cc1nn(PI)cc1C#N. The quantitative estimate of drug-likeness (QED) is 0.590. The summed E-state index contributed by atoms with van der Waals surface area (Å²) >= 11 is 2.22. The highest BCUT2D eigenvalue weighted by Gasteiger charge is 2.00. The van der Waals surface area contributed by atoms with E-state index in [2.05, 4.69) is 33.2 Å². The van der Waals surface area contributed by atoms with E-state index >= 15 is 0 Å². The Morgan fingerprint density at radius 1 is 1.67 bits per heavy atom. The number of nitrogens with zero attached hydrogens (tertiary/aromatic N) is 3. The van der Waals surface area contributed by atoms with Crippen LogP contribution in [0.2, 0.25) is 0 Å². The van der Waals surface area contributed by atoms with E-state index in [-0.39, 0.29) is 0 Å². The fraction of sp³-hybridized carbons (Fsp3) is 0.429. The van der Waals surface area contributed by atoms with Crippen molar-refractivity contribution in [3.05, 3.63) is 17.5 Å². The van der Waals surface area contributed by atoms with Gasteiger partial charge in [-0.1, -0.05) is 13.8 Å². The van der Waals surface area contributed by atoms with Crippen LogP contribution in [0.3, 0.4) is 0 Å². The smallest absolute Gasteiger partial charge is 0.103 e. The van der Waals surface area contributed by atoms with Crippen LogP contribution in [0.1, 0.15) is 25.1 Å². The minimum Gasteiger partial charge on any atom is -0.244 e. The Bertz CT molecular complexity index is 277. The molecule has 0 aliphatic rings. The highest BCUT2D eigenvalue weighted by atomic mass is 127. The monoisotopic (exact) mass is 295 g/mol. The lowest BCUT2D eigenvalue weighted by molar-refractivity contribution is 0.979. The fourth-order valence-electron chi connectivity index (χ4n) is 0.613. The van der Waals surface area contributed by atoms with E-state index in [4.69, 9.17) is 5.26 Å². The second-order valence-corrected chi connectivity index (χ2v) is 3.84. The van der Waals surface area contributed by atoms with E-state index in [1.807, 2.05) is 20.8 Å². The van der Waals surface area contributed by atoms with E-state index in [0.29, 0.717) is 11.9 Å². The zero-order chi connectivity index (χ0) is 9.56. The second kappa shape index (κ2) is 6.38. The van der Waals surface area contributed by atoms with Gasteiger partial charge in [-0.2, -0.15) is 10.4 Å². The van der Waals surface area contributed by atoms with Crippen molar-refractivity contribution < 1.29 is 0 Å². The van der Waals surface area contributed by atoms with Crippen molar-refractivity contribution in [1.82, 2.24) is 9.55 Å². The lowest BCUT2D eigenvalue weighted by Crippen LogP contribution is -1.79. The van der Waals surface area contributed by atoms with Gasteiger partial charge in [0.1, 0.15) is 6.07 Å². The standard InChI is InChI=1S/C5H5IN3P.C2H6/c1-4-5(2-7)3-9(8-4)10-6;1-2/h3,10H,1H3;1-2H3. The minimum atomic E-state index is 0.575. The zero-order valence-electron chi connectivity index (χ0n) is 7.30. The minimum absolute atomic E-state index is 0.575. The lowest BCUT2D eigenvalue weighted by Gasteiger charge is -1.86. The summed E-state index contributed by atoms with van der Waals surface area (Å²) in [5, 5.41) is 12.6. The second-order valence-electron chi connectivity index (χ2n) is 1.77. The molecule has 0 aliphatic carbocycles. The maximum atomic E-state index is 8.52. The zero-order valence-corrected chi connectivity index (χ0v) is 10.5. The van der Waals surface area contributed by atoms with Crippen molar-refractivity contribution in [2.45, 2.75) is 20.8 Å². The molecule has 1 rings (SSSR count). The molecule has 0 aliphatic heterocycles. The molecule has 66 valence electrons. The van der Waals surface area contributed by atoms with Crippen LogP contribution in [0.15, 0.2) is 6.20 Å². The first-order valence-electron chi connectivity index (χ1n) is 3.61. The molecule has 1 unspecified atom stereocenters. The molecule has 0 spiro atoms. The van der Waals surface area contributed by atoms with Crippen molar-refractivity contribution in [2.24, 2.45) is 0 Å². The molecule has 1 aromatic heterocycles. The third kappa shape index (κ3) is 3.08. The summed E-state index contributed by atoms with van der Waals surface area (Å²) in [5.74, 6) is 0. The van der Waals surface area contributed by atoms with Crippen LogP contribution in [0.25, 0.3) is 0 Å². The first-order valence-corrected chi connectivity index (χ1v) is 7.67. The molecule has 12 heavy (non-hydrogen) atoms. The van der Waals surface area contributed by atoms with Crippen molar-refractivity contribution in [3.8, 4) is 6.07 Å². The molecular formula is C7H11IN3P. The summed E-state index contributed by atoms with van der Waals surface area (Å²) in [6.07, 6.45) is 2.34. The summed E-state index contributed by atoms with van der Waals surface area (Å²) in [6, 6.07) is 2.07. The van der Waals surface area contributed by atoms with E-state index in [9.17, 15) is 0 Å². The van der Waals surface area contributed by atoms with Gasteiger partial charge in [0.2, 0.25) is 0 Å². The number of hydrogen-bond acceptors (Lipinski definition) is 2. The van der Waals surface area contributed by atoms with Gasteiger partial charge in [-0.3, -0.25) is 0 Å². The fourth-order valence-corrected chi connectivity index (χ4v) is 1.72. The van der Waals surface area contributed by atoms with Crippen molar-refractivity contribution in [1.29, 1.82) is 5.26 Å². The Kier molecular flexibility index (Phi) is 6.31. The van der Waals surface area contributed by atoms with Crippen molar-refractivity contribution in [3.63, 3.8) is 0 Å². The van der Waals surface area contributed by atoms with Gasteiger partial charge >= 0.3 is 0 Å². The summed E-state index contributed by atoms with van der Waals surface area (Å²) in [7, 11) is 0. The Morgan fingerprint density at radius 3 is 2.50 bits per heavy atom. The third-order valence-electron chi connectivity index (χ3n) is 1.11. The first kappa shape index (κ1) is 11.9. The summed E-state index contributed by atoms with van der Waals surface area (Å²) < 4.78 is 1.77. The molecular weight excluding hydrogens is 284 g/mol. The highest BCUT2D eigenvalue weighted by molar-refractivity contribution is 14.2. The van der Waals surface area contributed by atoms with Gasteiger partial charge in [0.25, 0.3) is 0 Å². The molecule has 0 bridgehead atoms. The van der Waals surface area contributed by atoms with Crippen LogP contribution in [0.5, 0.6) is 0 Å². The molecule has 0 saturated carbocycles. The predicted octanol–water partition coefficient (Wildman–Crippen LogP) is 2.88. The summed E-state index contributed by atoms with van der Waals surface area (Å²) in [5.41, 5.74) is 1.48. The molecule has 1 aromatic rings. The molecule has 1 heterocycles. The van der Waals surface area contributed by atoms with E-state index in [1.165, 1.54) is 0 Å². The van der Waals surface area contributed by atoms with Gasteiger partial charge in [-0.25, -0.2) is 4.45 Å². The maximum Gasteiger partial charge on any atom is 0.103 e. The van der Waals surface area contributed by atoms with Crippen LogP contribution >= 0.6 is 28.4 Å². The Morgan fingerprint density at radius 2 is 2.25 bits per heavy atom. The van der Waals surface area contributed by atoms with Crippen LogP contribution in [0.4, 0.5) is 0 Å². The van der Waals surface area contributed by atoms with Crippen LogP contribution in [0, 0.1) is 18.3 Å². The highest BCUT2D eigenvalue weighted by Crippen LogP contribution is 2.23. The molecule has 1 atom stereocenters. The number of halogens is 1. The van der Waals surface area contributed by atoms with Gasteiger partial charge < -0.3 is 0 Å². The Hall–Kier alpha value is -0.140. The van der Waals surface area contributed by atoms with Crippen LogP contribution in [-0.4, -0.2) is 9.55 Å². The van der Waals surface area contributed by atoms with E-state index in [0.717, 1.165) is 5.69 Å². The number of nitriles is 1. The van der Waals surface area contributed by atoms with Crippen LogP contribution in [-0.2, 0) is 0 Å². The Balaban J connectivity index is 0.000000561. The van der Waals surface area contributed by atoms with Crippen molar-refractivity contribution >= 4 is 28.4 Å². The average Bonchev–Trinajstić information content (AvgIpc) is 2.49. The molecule has 5 heteroatoms.